The molecule has 0 aliphatic carbocycles. The van der Waals surface area contributed by atoms with Crippen LogP contribution < -0.4 is 5.73 Å². The minimum absolute atomic E-state index is 0.356. The second-order valence-electron chi connectivity index (χ2n) is 4.30. The fourth-order valence-corrected chi connectivity index (χ4v) is 2.62. The molecule has 2 rings (SSSR count). The maximum atomic E-state index is 13.3. The zero-order valence-corrected chi connectivity index (χ0v) is 11.7. The summed E-state index contributed by atoms with van der Waals surface area (Å²) in [5.41, 5.74) is 6.14. The lowest BCUT2D eigenvalue weighted by atomic mass is 10.1. The molecule has 21 heavy (non-hydrogen) atoms. The van der Waals surface area contributed by atoms with Crippen LogP contribution in [0.15, 0.2) is 47.4 Å². The number of benzene rings is 2. The molecule has 4 nitrogen and oxygen atoms in total. The van der Waals surface area contributed by atoms with Gasteiger partial charge in [-0.15, -0.1) is 11.8 Å². The van der Waals surface area contributed by atoms with E-state index in [1.54, 1.807) is 18.2 Å². The van der Waals surface area contributed by atoms with Crippen LogP contribution in [0.3, 0.4) is 0 Å². The molecule has 0 atom stereocenters. The van der Waals surface area contributed by atoms with E-state index >= 15 is 0 Å². The highest BCUT2D eigenvalue weighted by Gasteiger charge is 2.11. The molecule has 3 N–H and O–H groups in total. The number of amides is 1. The Morgan fingerprint density at radius 2 is 1.95 bits per heavy atom. The number of thioether (sulfide) groups is 1. The Morgan fingerprint density at radius 1 is 1.19 bits per heavy atom. The highest BCUT2D eigenvalue weighted by molar-refractivity contribution is 7.98. The van der Waals surface area contributed by atoms with E-state index in [1.807, 2.05) is 6.07 Å². The molecule has 0 bridgehead atoms. The minimum atomic E-state index is -1.30. The third-order valence-electron chi connectivity index (χ3n) is 2.79. The van der Waals surface area contributed by atoms with Crippen LogP contribution in [0, 0.1) is 5.82 Å². The Hall–Kier alpha value is -2.34. The van der Waals surface area contributed by atoms with Gasteiger partial charge >= 0.3 is 5.97 Å². The van der Waals surface area contributed by atoms with Crippen LogP contribution >= 0.6 is 11.8 Å². The number of carboxylic acids is 1. The molecular weight excluding hydrogens is 293 g/mol. The van der Waals surface area contributed by atoms with E-state index in [9.17, 15) is 14.0 Å². The molecule has 0 heterocycles. The molecule has 2 aromatic rings. The topological polar surface area (TPSA) is 80.4 Å². The molecule has 0 aromatic heterocycles. The highest BCUT2D eigenvalue weighted by Crippen LogP contribution is 2.25. The van der Waals surface area contributed by atoms with Crippen molar-refractivity contribution in [3.8, 4) is 0 Å². The quantitative estimate of drug-likeness (QED) is 0.832. The average Bonchev–Trinajstić information content (AvgIpc) is 2.46. The summed E-state index contributed by atoms with van der Waals surface area (Å²) in [7, 11) is 0. The van der Waals surface area contributed by atoms with Crippen LogP contribution in [0.4, 0.5) is 4.39 Å². The van der Waals surface area contributed by atoms with Crippen molar-refractivity contribution < 1.29 is 19.1 Å². The van der Waals surface area contributed by atoms with E-state index in [-0.39, 0.29) is 5.56 Å². The second kappa shape index (κ2) is 6.41. The fourth-order valence-electron chi connectivity index (χ4n) is 1.74. The summed E-state index contributed by atoms with van der Waals surface area (Å²) >= 11 is 1.35. The Kier molecular flexibility index (Phi) is 4.59. The Labute approximate surface area is 124 Å². The molecule has 0 unspecified atom stereocenters. The van der Waals surface area contributed by atoms with Gasteiger partial charge in [0.2, 0.25) is 5.91 Å². The van der Waals surface area contributed by atoms with Crippen LogP contribution in [0.2, 0.25) is 0 Å². The first-order valence-electron chi connectivity index (χ1n) is 6.02. The fraction of sp³-hybridized carbons (Fsp3) is 0.0667. The molecule has 0 aliphatic rings. The van der Waals surface area contributed by atoms with Crippen LogP contribution in [-0.2, 0) is 5.75 Å². The maximum Gasteiger partial charge on any atom is 0.338 e. The summed E-state index contributed by atoms with van der Waals surface area (Å²) in [6.45, 7) is 0. The molecule has 0 radical (unpaired) electrons. The minimum Gasteiger partial charge on any atom is -0.478 e. The molecule has 1 amide bonds. The Balaban J connectivity index is 2.13. The van der Waals surface area contributed by atoms with Gasteiger partial charge in [0.15, 0.2) is 0 Å². The van der Waals surface area contributed by atoms with E-state index in [2.05, 4.69) is 0 Å². The molecule has 0 spiro atoms. The van der Waals surface area contributed by atoms with Crippen molar-refractivity contribution in [3.05, 3.63) is 65.0 Å². The highest BCUT2D eigenvalue weighted by atomic mass is 32.2. The zero-order chi connectivity index (χ0) is 15.4. The van der Waals surface area contributed by atoms with E-state index in [4.69, 9.17) is 10.8 Å². The van der Waals surface area contributed by atoms with E-state index in [0.29, 0.717) is 16.2 Å². The molecule has 0 saturated heterocycles. The number of carbonyl (C=O) groups excluding carboxylic acids is 1. The van der Waals surface area contributed by atoms with Gasteiger partial charge in [-0.2, -0.15) is 0 Å². The number of primary amides is 1. The van der Waals surface area contributed by atoms with Crippen molar-refractivity contribution in [2.45, 2.75) is 10.6 Å². The van der Waals surface area contributed by atoms with Crippen LogP contribution in [0.5, 0.6) is 0 Å². The lowest BCUT2D eigenvalue weighted by Gasteiger charge is -2.05. The monoisotopic (exact) mass is 305 g/mol. The lowest BCUT2D eigenvalue weighted by Crippen LogP contribution is -2.10. The number of carbonyl (C=O) groups is 2. The third kappa shape index (κ3) is 3.82. The van der Waals surface area contributed by atoms with Gasteiger partial charge in [-0.25, -0.2) is 9.18 Å². The first kappa shape index (κ1) is 15.1. The number of carboxylic acid groups (broad SMARTS) is 1. The molecule has 0 saturated carbocycles. The smallest absolute Gasteiger partial charge is 0.338 e. The van der Waals surface area contributed by atoms with Gasteiger partial charge < -0.3 is 10.8 Å². The second-order valence-corrected chi connectivity index (χ2v) is 5.35. The first-order valence-corrected chi connectivity index (χ1v) is 7.00. The summed E-state index contributed by atoms with van der Waals surface area (Å²) in [6.07, 6.45) is 0. The molecule has 2 aromatic carbocycles. The summed E-state index contributed by atoms with van der Waals surface area (Å²) in [5, 5.41) is 8.87. The third-order valence-corrected chi connectivity index (χ3v) is 3.85. The van der Waals surface area contributed by atoms with Crippen LogP contribution in [0.25, 0.3) is 0 Å². The molecule has 6 heteroatoms. The van der Waals surface area contributed by atoms with E-state index in [0.717, 1.165) is 11.6 Å². The number of hydrogen-bond donors (Lipinski definition) is 2. The number of halogens is 1. The summed E-state index contributed by atoms with van der Waals surface area (Å²) in [4.78, 5) is 22.6. The van der Waals surface area contributed by atoms with Crippen molar-refractivity contribution in [3.63, 3.8) is 0 Å². The standard InChI is InChI=1S/C15H12FNO3S/c16-13-5-4-11(7-12(13)15(19)20)21-8-9-2-1-3-10(6-9)14(17)18/h1-7H,8H2,(H2,17,18)(H,19,20). The molecule has 0 fully saturated rings. The largest absolute Gasteiger partial charge is 0.478 e. The number of hydrogen-bond acceptors (Lipinski definition) is 3. The Morgan fingerprint density at radius 3 is 2.62 bits per heavy atom. The van der Waals surface area contributed by atoms with Gasteiger partial charge in [-0.3, -0.25) is 4.79 Å². The van der Waals surface area contributed by atoms with Gasteiger partial charge in [0.25, 0.3) is 0 Å². The molecule has 108 valence electrons. The summed E-state index contributed by atoms with van der Waals surface area (Å²) < 4.78 is 13.3. The van der Waals surface area contributed by atoms with Crippen LogP contribution in [0.1, 0.15) is 26.3 Å². The van der Waals surface area contributed by atoms with Gasteiger partial charge in [0.05, 0.1) is 5.56 Å². The predicted molar refractivity (Wildman–Crippen MR) is 77.9 cm³/mol. The van der Waals surface area contributed by atoms with Crippen molar-refractivity contribution >= 4 is 23.6 Å². The van der Waals surface area contributed by atoms with Crippen molar-refractivity contribution in [1.29, 1.82) is 0 Å². The van der Waals surface area contributed by atoms with Crippen LogP contribution in [-0.4, -0.2) is 17.0 Å². The van der Waals surface area contributed by atoms with E-state index < -0.39 is 17.7 Å². The average molecular weight is 305 g/mol. The Bertz CT molecular complexity index is 703. The lowest BCUT2D eigenvalue weighted by molar-refractivity contribution is 0.0691. The normalized spacial score (nSPS) is 10.3. The number of aromatic carboxylic acids is 1. The summed E-state index contributed by atoms with van der Waals surface area (Å²) in [5.74, 6) is -2.05. The summed E-state index contributed by atoms with van der Waals surface area (Å²) in [6, 6.07) is 10.8. The van der Waals surface area contributed by atoms with Gasteiger partial charge in [0, 0.05) is 16.2 Å². The molecule has 0 aliphatic heterocycles. The first-order chi connectivity index (χ1) is 9.97. The van der Waals surface area contributed by atoms with Crippen molar-refractivity contribution in [2.75, 3.05) is 0 Å². The maximum absolute atomic E-state index is 13.3. The zero-order valence-electron chi connectivity index (χ0n) is 10.9. The van der Waals surface area contributed by atoms with Gasteiger partial charge in [0.1, 0.15) is 5.82 Å². The number of rotatable bonds is 5. The predicted octanol–water partition coefficient (Wildman–Crippen LogP) is 2.92. The SMILES string of the molecule is NC(=O)c1cccc(CSc2ccc(F)c(C(=O)O)c2)c1. The van der Waals surface area contributed by atoms with Crippen molar-refractivity contribution in [1.82, 2.24) is 0 Å². The van der Waals surface area contributed by atoms with Gasteiger partial charge in [-0.05, 0) is 35.9 Å². The number of nitrogens with two attached hydrogens (primary N) is 1. The van der Waals surface area contributed by atoms with Crippen molar-refractivity contribution in [2.24, 2.45) is 5.73 Å². The molecular formula is C15H12FNO3S. The van der Waals surface area contributed by atoms with E-state index in [1.165, 1.54) is 23.9 Å². The van der Waals surface area contributed by atoms with Gasteiger partial charge in [-0.1, -0.05) is 12.1 Å².